The molecule has 1 N–H and O–H groups in total. The molecule has 4 aromatic rings. The number of carbonyl (C=O) groups is 1. The third-order valence-corrected chi connectivity index (χ3v) is 6.14. The van der Waals surface area contributed by atoms with E-state index in [-0.39, 0.29) is 11.9 Å². The molecule has 0 aliphatic heterocycles. The first-order valence-corrected chi connectivity index (χ1v) is 12.0. The lowest BCUT2D eigenvalue weighted by molar-refractivity contribution is 0.0937. The first-order valence-electron chi connectivity index (χ1n) is 11.6. The topological polar surface area (TPSA) is 56.1 Å². The van der Waals surface area contributed by atoms with Gasteiger partial charge in [0.05, 0.1) is 23.6 Å². The standard InChI is InChI=1S/C28H30ClN3O2/c1-18(2)23-14-9-19(3)17-26(23)34-16-15-32-25-8-6-5-7-24(25)31-27(32)20(4)30-28(33)21-10-12-22(29)13-11-21/h5-14,17-18,20H,15-16H2,1-4H3,(H,30,33). The van der Waals surface area contributed by atoms with Crippen LogP contribution in [0.25, 0.3) is 11.0 Å². The molecular weight excluding hydrogens is 446 g/mol. The number of rotatable bonds is 8. The maximum atomic E-state index is 12.8. The maximum absolute atomic E-state index is 12.8. The van der Waals surface area contributed by atoms with Crippen LogP contribution in [0.2, 0.25) is 5.02 Å². The molecular formula is C28H30ClN3O2. The average molecular weight is 476 g/mol. The molecule has 5 nitrogen and oxygen atoms in total. The molecule has 0 radical (unpaired) electrons. The molecule has 1 aromatic heterocycles. The van der Waals surface area contributed by atoms with E-state index in [0.717, 1.165) is 22.6 Å². The van der Waals surface area contributed by atoms with Crippen LogP contribution in [0.1, 0.15) is 60.0 Å². The Bertz CT molecular complexity index is 1300. The number of para-hydroxylation sites is 2. The first-order chi connectivity index (χ1) is 16.3. The Morgan fingerprint density at radius 1 is 1.06 bits per heavy atom. The van der Waals surface area contributed by atoms with Crippen LogP contribution in [-0.4, -0.2) is 22.1 Å². The number of halogens is 1. The smallest absolute Gasteiger partial charge is 0.251 e. The van der Waals surface area contributed by atoms with Crippen molar-refractivity contribution >= 4 is 28.5 Å². The quantitative estimate of drug-likeness (QED) is 0.309. The van der Waals surface area contributed by atoms with E-state index in [0.29, 0.717) is 29.7 Å². The zero-order valence-electron chi connectivity index (χ0n) is 20.0. The van der Waals surface area contributed by atoms with Crippen molar-refractivity contribution in [1.29, 1.82) is 0 Å². The van der Waals surface area contributed by atoms with Crippen molar-refractivity contribution in [2.24, 2.45) is 0 Å². The third-order valence-electron chi connectivity index (χ3n) is 5.89. The molecule has 0 saturated carbocycles. The lowest BCUT2D eigenvalue weighted by atomic mass is 10.0. The molecule has 4 rings (SSSR count). The number of benzene rings is 3. The number of nitrogens with one attached hydrogen (secondary N) is 1. The Hall–Kier alpha value is -3.31. The van der Waals surface area contributed by atoms with Gasteiger partial charge in [0.25, 0.3) is 5.91 Å². The van der Waals surface area contributed by atoms with E-state index in [9.17, 15) is 4.79 Å². The number of aromatic nitrogens is 2. The van der Waals surface area contributed by atoms with Gasteiger partial charge < -0.3 is 14.6 Å². The molecule has 1 heterocycles. The zero-order valence-corrected chi connectivity index (χ0v) is 20.8. The fourth-order valence-electron chi connectivity index (χ4n) is 4.10. The van der Waals surface area contributed by atoms with Gasteiger partial charge in [0, 0.05) is 10.6 Å². The lowest BCUT2D eigenvalue weighted by Gasteiger charge is -2.18. The van der Waals surface area contributed by atoms with Crippen LogP contribution >= 0.6 is 11.6 Å². The molecule has 1 unspecified atom stereocenters. The predicted molar refractivity (Wildman–Crippen MR) is 138 cm³/mol. The number of nitrogens with zero attached hydrogens (tertiary/aromatic N) is 2. The van der Waals surface area contributed by atoms with Crippen molar-refractivity contribution in [3.63, 3.8) is 0 Å². The van der Waals surface area contributed by atoms with Crippen molar-refractivity contribution in [3.8, 4) is 5.75 Å². The molecule has 6 heteroatoms. The highest BCUT2D eigenvalue weighted by atomic mass is 35.5. The van der Waals surface area contributed by atoms with E-state index in [1.165, 1.54) is 11.1 Å². The molecule has 0 fully saturated rings. The molecule has 0 spiro atoms. The van der Waals surface area contributed by atoms with Gasteiger partial charge in [0.2, 0.25) is 0 Å². The second-order valence-electron chi connectivity index (χ2n) is 8.86. The zero-order chi connectivity index (χ0) is 24.2. The molecule has 1 amide bonds. The summed E-state index contributed by atoms with van der Waals surface area (Å²) in [5, 5.41) is 3.66. The number of imidazole rings is 1. The van der Waals surface area contributed by atoms with Gasteiger partial charge in [-0.1, -0.05) is 49.7 Å². The van der Waals surface area contributed by atoms with Crippen molar-refractivity contribution < 1.29 is 9.53 Å². The summed E-state index contributed by atoms with van der Waals surface area (Å²) in [6.45, 7) is 9.47. The summed E-state index contributed by atoms with van der Waals surface area (Å²) >= 11 is 5.96. The Morgan fingerprint density at radius 3 is 2.53 bits per heavy atom. The Labute approximate surface area is 205 Å². The van der Waals surface area contributed by atoms with Crippen LogP contribution in [0.4, 0.5) is 0 Å². The molecule has 0 saturated heterocycles. The van der Waals surface area contributed by atoms with Gasteiger partial charge in [0.1, 0.15) is 18.2 Å². The number of ether oxygens (including phenoxy) is 1. The number of fused-ring (bicyclic) bond motifs is 1. The SMILES string of the molecule is Cc1ccc(C(C)C)c(OCCn2c(C(C)NC(=O)c3ccc(Cl)cc3)nc3ccccc32)c1. The van der Waals surface area contributed by atoms with E-state index >= 15 is 0 Å². The van der Waals surface area contributed by atoms with Crippen molar-refractivity contribution in [2.45, 2.75) is 46.2 Å². The minimum Gasteiger partial charge on any atom is -0.491 e. The second-order valence-corrected chi connectivity index (χ2v) is 9.29. The molecule has 0 aliphatic carbocycles. The van der Waals surface area contributed by atoms with Gasteiger partial charge in [0.15, 0.2) is 0 Å². The number of carbonyl (C=O) groups excluding carboxylic acids is 1. The van der Waals surface area contributed by atoms with Crippen LogP contribution < -0.4 is 10.1 Å². The van der Waals surface area contributed by atoms with E-state index in [2.05, 4.69) is 48.9 Å². The van der Waals surface area contributed by atoms with Gasteiger partial charge in [-0.25, -0.2) is 4.98 Å². The average Bonchev–Trinajstić information content (AvgIpc) is 3.18. The fraction of sp³-hybridized carbons (Fsp3) is 0.286. The van der Waals surface area contributed by atoms with E-state index in [1.54, 1.807) is 24.3 Å². The monoisotopic (exact) mass is 475 g/mol. The number of hydrogen-bond acceptors (Lipinski definition) is 3. The summed E-state index contributed by atoms with van der Waals surface area (Å²) in [4.78, 5) is 17.6. The summed E-state index contributed by atoms with van der Waals surface area (Å²) in [5.74, 6) is 1.93. The number of amides is 1. The highest BCUT2D eigenvalue weighted by Gasteiger charge is 2.19. The summed E-state index contributed by atoms with van der Waals surface area (Å²) in [5.41, 5.74) is 4.84. The van der Waals surface area contributed by atoms with E-state index in [4.69, 9.17) is 21.3 Å². The molecule has 1 atom stereocenters. The van der Waals surface area contributed by atoms with Crippen molar-refractivity contribution in [3.05, 3.63) is 94.3 Å². The normalized spacial score (nSPS) is 12.2. The van der Waals surface area contributed by atoms with Gasteiger partial charge in [-0.3, -0.25) is 4.79 Å². The highest BCUT2D eigenvalue weighted by Crippen LogP contribution is 2.28. The van der Waals surface area contributed by atoms with Crippen LogP contribution in [0.3, 0.4) is 0 Å². The van der Waals surface area contributed by atoms with Crippen LogP contribution in [0, 0.1) is 6.92 Å². The largest absolute Gasteiger partial charge is 0.491 e. The van der Waals surface area contributed by atoms with Gasteiger partial charge in [-0.2, -0.15) is 0 Å². The molecule has 34 heavy (non-hydrogen) atoms. The van der Waals surface area contributed by atoms with Crippen LogP contribution in [0.5, 0.6) is 5.75 Å². The van der Waals surface area contributed by atoms with E-state index in [1.807, 2.05) is 31.2 Å². The molecule has 176 valence electrons. The maximum Gasteiger partial charge on any atom is 0.251 e. The summed E-state index contributed by atoms with van der Waals surface area (Å²) in [6.07, 6.45) is 0. The van der Waals surface area contributed by atoms with Gasteiger partial charge in [-0.15, -0.1) is 0 Å². The van der Waals surface area contributed by atoms with Crippen molar-refractivity contribution in [2.75, 3.05) is 6.61 Å². The Kier molecular flexibility index (Phi) is 7.23. The third kappa shape index (κ3) is 5.26. The van der Waals surface area contributed by atoms with Gasteiger partial charge in [-0.05, 0) is 73.4 Å². The minimum absolute atomic E-state index is 0.166. The van der Waals surface area contributed by atoms with Crippen molar-refractivity contribution in [1.82, 2.24) is 14.9 Å². The predicted octanol–water partition coefficient (Wildman–Crippen LogP) is 6.69. The Morgan fingerprint density at radius 2 is 1.79 bits per heavy atom. The summed E-state index contributed by atoms with van der Waals surface area (Å²) in [6, 6.07) is 20.9. The Balaban J connectivity index is 1.55. The number of aryl methyl sites for hydroxylation is 1. The van der Waals surface area contributed by atoms with Crippen LogP contribution in [-0.2, 0) is 6.54 Å². The summed E-state index contributed by atoms with van der Waals surface area (Å²) in [7, 11) is 0. The molecule has 0 aliphatic rings. The second kappa shape index (κ2) is 10.3. The number of hydrogen-bond donors (Lipinski definition) is 1. The molecule has 0 bridgehead atoms. The lowest BCUT2D eigenvalue weighted by Crippen LogP contribution is -2.29. The molecule has 3 aromatic carbocycles. The fourth-order valence-corrected chi connectivity index (χ4v) is 4.22. The minimum atomic E-state index is -0.291. The van der Waals surface area contributed by atoms with Crippen LogP contribution in [0.15, 0.2) is 66.7 Å². The van der Waals surface area contributed by atoms with Gasteiger partial charge >= 0.3 is 0 Å². The summed E-state index contributed by atoms with van der Waals surface area (Å²) < 4.78 is 8.38. The first kappa shape index (κ1) is 23.8. The van der Waals surface area contributed by atoms with E-state index < -0.39 is 0 Å². The highest BCUT2D eigenvalue weighted by molar-refractivity contribution is 6.30.